The zero-order valence-corrected chi connectivity index (χ0v) is 31.2. The van der Waals surface area contributed by atoms with E-state index in [4.69, 9.17) is 0 Å². The summed E-state index contributed by atoms with van der Waals surface area (Å²) in [5, 5.41) is 7.66. The quantitative estimate of drug-likeness (QED) is 0.162. The molecule has 0 amide bonds. The maximum atomic E-state index is 2.52. The third-order valence-corrected chi connectivity index (χ3v) is 12.8. The second-order valence-corrected chi connectivity index (χ2v) is 16.5. The molecule has 0 radical (unpaired) electrons. The lowest BCUT2D eigenvalue weighted by Gasteiger charge is -2.26. The molecule has 0 N–H and O–H groups in total. The van der Waals surface area contributed by atoms with Crippen molar-refractivity contribution in [2.75, 3.05) is 0 Å². The molecule has 0 saturated heterocycles. The number of rotatable bonds is 3. The highest BCUT2D eigenvalue weighted by molar-refractivity contribution is 6.21. The van der Waals surface area contributed by atoms with Gasteiger partial charge in [-0.2, -0.15) is 0 Å². The van der Waals surface area contributed by atoms with E-state index in [1.807, 2.05) is 0 Å². The van der Waals surface area contributed by atoms with Gasteiger partial charge in [0.15, 0.2) is 0 Å². The second-order valence-electron chi connectivity index (χ2n) is 16.5. The molecule has 0 fully saturated rings. The molecule has 0 saturated carbocycles. The van der Waals surface area contributed by atoms with Gasteiger partial charge < -0.3 is 0 Å². The predicted octanol–water partition coefficient (Wildman–Crippen LogP) is 14.8. The Labute approximate surface area is 317 Å². The first-order valence-electron chi connectivity index (χ1n) is 19.3. The molecular weight excluding hydrogens is 649 g/mol. The number of benzene rings is 9. The average Bonchev–Trinajstić information content (AvgIpc) is 3.58. The van der Waals surface area contributed by atoms with Crippen LogP contribution < -0.4 is 0 Å². The third kappa shape index (κ3) is 4.26. The average molecular weight is 689 g/mol. The van der Waals surface area contributed by atoms with Crippen molar-refractivity contribution in [3.63, 3.8) is 0 Å². The summed E-state index contributed by atoms with van der Waals surface area (Å²) >= 11 is 0. The van der Waals surface area contributed by atoms with Gasteiger partial charge in [0, 0.05) is 10.8 Å². The van der Waals surface area contributed by atoms with Crippen molar-refractivity contribution >= 4 is 32.3 Å². The molecule has 2 aliphatic rings. The van der Waals surface area contributed by atoms with E-state index in [1.54, 1.807) is 0 Å². The topological polar surface area (TPSA) is 0 Å². The van der Waals surface area contributed by atoms with E-state index < -0.39 is 0 Å². The number of fused-ring (bicyclic) bond motifs is 10. The summed E-state index contributed by atoms with van der Waals surface area (Å²) in [6, 6.07) is 63.8. The lowest BCUT2D eigenvalue weighted by molar-refractivity contribution is 0.647. The van der Waals surface area contributed by atoms with Crippen molar-refractivity contribution in [2.45, 2.75) is 38.5 Å². The minimum absolute atomic E-state index is 0.0223. The molecule has 0 heterocycles. The Morgan fingerprint density at radius 1 is 0.296 bits per heavy atom. The van der Waals surface area contributed by atoms with Crippen LogP contribution in [0, 0.1) is 0 Å². The van der Waals surface area contributed by atoms with Crippen molar-refractivity contribution in [2.24, 2.45) is 0 Å². The van der Waals surface area contributed by atoms with Crippen molar-refractivity contribution < 1.29 is 0 Å². The van der Waals surface area contributed by atoms with Gasteiger partial charge >= 0.3 is 0 Å². The predicted molar refractivity (Wildman–Crippen MR) is 230 cm³/mol. The van der Waals surface area contributed by atoms with Gasteiger partial charge in [-0.1, -0.05) is 179 Å². The Morgan fingerprint density at radius 2 is 0.852 bits per heavy atom. The molecule has 9 aromatic carbocycles. The highest BCUT2D eigenvalue weighted by atomic mass is 14.5. The molecule has 9 aromatic rings. The molecule has 0 aliphatic heterocycles. The van der Waals surface area contributed by atoms with Crippen molar-refractivity contribution in [3.8, 4) is 55.6 Å². The van der Waals surface area contributed by atoms with Crippen molar-refractivity contribution in [1.29, 1.82) is 0 Å². The normalized spacial score (nSPS) is 14.6. The summed E-state index contributed by atoms with van der Waals surface area (Å²) in [4.78, 5) is 0. The van der Waals surface area contributed by atoms with E-state index in [9.17, 15) is 0 Å². The van der Waals surface area contributed by atoms with E-state index in [0.29, 0.717) is 0 Å². The molecule has 0 aromatic heterocycles. The van der Waals surface area contributed by atoms with Crippen LogP contribution in [-0.2, 0) is 10.8 Å². The fourth-order valence-corrected chi connectivity index (χ4v) is 10.2. The van der Waals surface area contributed by atoms with E-state index in [1.165, 1.54) is 110 Å². The van der Waals surface area contributed by atoms with Gasteiger partial charge in [0.2, 0.25) is 0 Å². The molecule has 0 spiro atoms. The Morgan fingerprint density at radius 3 is 1.57 bits per heavy atom. The summed E-state index contributed by atoms with van der Waals surface area (Å²) < 4.78 is 0. The molecule has 0 bridgehead atoms. The zero-order chi connectivity index (χ0) is 36.3. The van der Waals surface area contributed by atoms with Crippen molar-refractivity contribution in [3.05, 3.63) is 192 Å². The van der Waals surface area contributed by atoms with Crippen LogP contribution in [0.3, 0.4) is 0 Å². The van der Waals surface area contributed by atoms with E-state index >= 15 is 0 Å². The van der Waals surface area contributed by atoms with Crippen molar-refractivity contribution in [1.82, 2.24) is 0 Å². The van der Waals surface area contributed by atoms with E-state index in [2.05, 4.69) is 198 Å². The van der Waals surface area contributed by atoms with Gasteiger partial charge in [0.05, 0.1) is 0 Å². The Bertz CT molecular complexity index is 2990. The van der Waals surface area contributed by atoms with Crippen LogP contribution in [-0.4, -0.2) is 0 Å². The molecule has 54 heavy (non-hydrogen) atoms. The fraction of sp³-hybridized carbons (Fsp3) is 0.111. The van der Waals surface area contributed by atoms with E-state index in [-0.39, 0.29) is 10.8 Å². The minimum atomic E-state index is -0.158. The number of hydrogen-bond acceptors (Lipinski definition) is 0. The number of hydrogen-bond donors (Lipinski definition) is 0. The van der Waals surface area contributed by atoms with Gasteiger partial charge in [-0.05, 0) is 128 Å². The third-order valence-electron chi connectivity index (χ3n) is 12.8. The van der Waals surface area contributed by atoms with Crippen LogP contribution in [0.4, 0.5) is 0 Å². The van der Waals surface area contributed by atoms with Crippen LogP contribution in [0.1, 0.15) is 49.9 Å². The van der Waals surface area contributed by atoms with Crippen LogP contribution in [0.15, 0.2) is 170 Å². The molecular formula is C54H40. The fourth-order valence-electron chi connectivity index (χ4n) is 10.2. The molecule has 0 unspecified atom stereocenters. The maximum absolute atomic E-state index is 2.52. The molecule has 11 rings (SSSR count). The monoisotopic (exact) mass is 688 g/mol. The molecule has 256 valence electrons. The van der Waals surface area contributed by atoms with Crippen LogP contribution in [0.2, 0.25) is 0 Å². The first kappa shape index (κ1) is 31.3. The first-order valence-corrected chi connectivity index (χ1v) is 19.3. The van der Waals surface area contributed by atoms with Crippen LogP contribution >= 0.6 is 0 Å². The largest absolute Gasteiger partial charge is 0.0619 e. The van der Waals surface area contributed by atoms with Gasteiger partial charge in [-0.25, -0.2) is 0 Å². The minimum Gasteiger partial charge on any atom is -0.0619 e. The smallest absolute Gasteiger partial charge is 0.0165 e. The summed E-state index contributed by atoms with van der Waals surface area (Å²) in [6.45, 7) is 9.66. The summed E-state index contributed by atoms with van der Waals surface area (Å²) in [6.07, 6.45) is 0. The summed E-state index contributed by atoms with van der Waals surface area (Å²) in [5.41, 5.74) is 18.7. The lowest BCUT2D eigenvalue weighted by Crippen LogP contribution is -2.18. The standard InChI is InChI=1S/C54H40/c1-53(2)46-23-12-11-22-45(46)51-47(53)29-28-44-39-27-26-38(32-48(39)54(3,4)52(44)51)50-42-20-9-7-18-40(42)49(41-19-8-10-21-43(41)50)37-17-13-16-35(31-37)36-25-24-33-14-5-6-15-34(33)30-36/h5-32H,1-4H3. The Balaban J connectivity index is 1.10. The molecule has 2 aliphatic carbocycles. The lowest BCUT2D eigenvalue weighted by atomic mass is 9.76. The van der Waals surface area contributed by atoms with Gasteiger partial charge in [0.1, 0.15) is 0 Å². The van der Waals surface area contributed by atoms with Gasteiger partial charge in [-0.15, -0.1) is 0 Å². The highest BCUT2D eigenvalue weighted by Gasteiger charge is 2.44. The molecule has 0 nitrogen and oxygen atoms in total. The van der Waals surface area contributed by atoms with Crippen LogP contribution in [0.5, 0.6) is 0 Å². The Kier molecular flexibility index (Phi) is 6.46. The SMILES string of the molecule is CC1(C)c2ccccc2-c2c1ccc1c2C(C)(C)c2cc(-c3c4ccccc4c(-c4cccc(-c5ccc6ccccc6c5)c4)c4ccccc34)ccc2-1. The maximum Gasteiger partial charge on any atom is 0.0165 e. The molecule has 0 atom stereocenters. The second kappa shape index (κ2) is 11.1. The highest BCUT2D eigenvalue weighted by Crippen LogP contribution is 2.59. The molecule has 0 heteroatoms. The Hall–Kier alpha value is -6.24. The summed E-state index contributed by atoms with van der Waals surface area (Å²) in [7, 11) is 0. The van der Waals surface area contributed by atoms with E-state index in [0.717, 1.165) is 0 Å². The van der Waals surface area contributed by atoms with Gasteiger partial charge in [0.25, 0.3) is 0 Å². The summed E-state index contributed by atoms with van der Waals surface area (Å²) in [5.74, 6) is 0. The van der Waals surface area contributed by atoms with Crippen LogP contribution in [0.25, 0.3) is 88.0 Å². The first-order chi connectivity index (χ1) is 26.3. The van der Waals surface area contributed by atoms with Gasteiger partial charge in [-0.3, -0.25) is 0 Å². The zero-order valence-electron chi connectivity index (χ0n) is 31.2.